The normalized spacial score (nSPS) is 30.3. The minimum atomic E-state index is -0.865. The highest BCUT2D eigenvalue weighted by molar-refractivity contribution is 6.04. The fourth-order valence-electron chi connectivity index (χ4n) is 4.28. The van der Waals surface area contributed by atoms with Crippen molar-refractivity contribution in [3.63, 3.8) is 0 Å². The minimum Gasteiger partial charge on any atom is -0.466 e. The van der Waals surface area contributed by atoms with Gasteiger partial charge in [-0.2, -0.15) is 0 Å². The second kappa shape index (κ2) is 9.92. The molecule has 1 saturated heterocycles. The first kappa shape index (κ1) is 24.5. The molecular weight excluding hydrogens is 440 g/mol. The van der Waals surface area contributed by atoms with Crippen molar-refractivity contribution in [1.29, 1.82) is 0 Å². The van der Waals surface area contributed by atoms with Gasteiger partial charge in [-0.05, 0) is 33.3 Å². The SMILES string of the molecule is COCOc1cc2occc2c2c1C(=O)O[C@@H](C)[C@H](C)/C=C\C(O)[C@H]1OC(C)(C)O[C@H]1CC=C2. The lowest BCUT2D eigenvalue weighted by Crippen LogP contribution is -2.34. The van der Waals surface area contributed by atoms with Gasteiger partial charge in [-0.15, -0.1) is 0 Å². The van der Waals surface area contributed by atoms with Crippen LogP contribution in [-0.4, -0.2) is 55.2 Å². The van der Waals surface area contributed by atoms with Crippen molar-refractivity contribution in [1.82, 2.24) is 0 Å². The van der Waals surface area contributed by atoms with Gasteiger partial charge in [0.2, 0.25) is 0 Å². The zero-order valence-electron chi connectivity index (χ0n) is 20.1. The van der Waals surface area contributed by atoms with Crippen LogP contribution in [0.4, 0.5) is 0 Å². The maximum atomic E-state index is 13.4. The predicted molar refractivity (Wildman–Crippen MR) is 125 cm³/mol. The summed E-state index contributed by atoms with van der Waals surface area (Å²) in [5.41, 5.74) is 1.48. The zero-order valence-corrected chi connectivity index (χ0v) is 20.1. The van der Waals surface area contributed by atoms with Gasteiger partial charge in [0, 0.05) is 30.0 Å². The van der Waals surface area contributed by atoms with Crippen LogP contribution in [0, 0.1) is 5.92 Å². The number of aliphatic hydroxyl groups is 1. The summed E-state index contributed by atoms with van der Waals surface area (Å²) in [7, 11) is 1.51. The number of benzene rings is 1. The monoisotopic (exact) mass is 472 g/mol. The molecule has 0 spiro atoms. The number of esters is 1. The molecule has 1 aromatic carbocycles. The van der Waals surface area contributed by atoms with Gasteiger partial charge in [0.1, 0.15) is 35.2 Å². The smallest absolute Gasteiger partial charge is 0.342 e. The third kappa shape index (κ3) is 5.05. The highest BCUT2D eigenvalue weighted by Gasteiger charge is 2.43. The van der Waals surface area contributed by atoms with E-state index < -0.39 is 30.1 Å². The van der Waals surface area contributed by atoms with E-state index >= 15 is 0 Å². The number of hydrogen-bond donors (Lipinski definition) is 1. The summed E-state index contributed by atoms with van der Waals surface area (Å²) in [6, 6.07) is 3.47. The average molecular weight is 473 g/mol. The number of furan rings is 1. The second-order valence-corrected chi connectivity index (χ2v) is 9.17. The summed E-state index contributed by atoms with van der Waals surface area (Å²) >= 11 is 0. The average Bonchev–Trinajstić information content (AvgIpc) is 3.38. The first-order valence-corrected chi connectivity index (χ1v) is 11.5. The summed E-state index contributed by atoms with van der Waals surface area (Å²) in [4.78, 5) is 13.4. The van der Waals surface area contributed by atoms with Gasteiger partial charge in [0.25, 0.3) is 0 Å². The molecule has 2 aromatic rings. The summed E-state index contributed by atoms with van der Waals surface area (Å²) in [6.07, 6.45) is 7.04. The van der Waals surface area contributed by atoms with Gasteiger partial charge in [0.15, 0.2) is 12.6 Å². The fraction of sp³-hybridized carbons (Fsp3) is 0.500. The Balaban J connectivity index is 1.82. The first-order valence-electron chi connectivity index (χ1n) is 11.5. The topological polar surface area (TPSA) is 96.6 Å². The quantitative estimate of drug-likeness (QED) is 0.398. The van der Waals surface area contributed by atoms with Crippen LogP contribution in [0.25, 0.3) is 17.0 Å². The van der Waals surface area contributed by atoms with Gasteiger partial charge in [-0.3, -0.25) is 0 Å². The largest absolute Gasteiger partial charge is 0.466 e. The molecule has 8 nitrogen and oxygen atoms in total. The third-order valence-corrected chi connectivity index (χ3v) is 6.16. The third-order valence-electron chi connectivity index (χ3n) is 6.16. The Kier molecular flexibility index (Phi) is 7.14. The van der Waals surface area contributed by atoms with Crippen LogP contribution in [0.3, 0.4) is 0 Å². The van der Waals surface area contributed by atoms with Crippen LogP contribution < -0.4 is 4.74 Å². The molecule has 0 amide bonds. The Bertz CT molecular complexity index is 1080. The summed E-state index contributed by atoms with van der Waals surface area (Å²) in [5.74, 6) is -1.18. The van der Waals surface area contributed by atoms with E-state index in [2.05, 4.69) is 0 Å². The molecule has 184 valence electrons. The lowest BCUT2D eigenvalue weighted by molar-refractivity contribution is -0.152. The Hall–Kier alpha value is -2.65. The Morgan fingerprint density at radius 2 is 2.00 bits per heavy atom. The standard InChI is InChI=1S/C26H32O8/c1-15-9-10-19(27)24-20(33-26(3,4)34-24)8-6-7-18-17-11-12-30-21(17)13-22(31-14-29-5)23(18)25(28)32-16(15)2/h6-7,9-13,15-16,19-20,24,27H,8,14H2,1-5H3/b7-6?,10-9-/t15-,16+,19?,20+,24-/m1/s1. The van der Waals surface area contributed by atoms with Gasteiger partial charge >= 0.3 is 5.97 Å². The van der Waals surface area contributed by atoms with E-state index in [1.54, 1.807) is 24.5 Å². The highest BCUT2D eigenvalue weighted by atomic mass is 16.8. The molecule has 0 bridgehead atoms. The molecule has 1 aromatic heterocycles. The van der Waals surface area contributed by atoms with Gasteiger partial charge in [0.05, 0.1) is 12.4 Å². The second-order valence-electron chi connectivity index (χ2n) is 9.17. The van der Waals surface area contributed by atoms with Crippen molar-refractivity contribution < 1.29 is 38.0 Å². The van der Waals surface area contributed by atoms with Crippen molar-refractivity contribution in [3.8, 4) is 5.75 Å². The molecule has 1 unspecified atom stereocenters. The molecule has 4 rings (SSSR count). The molecule has 5 atom stereocenters. The van der Waals surface area contributed by atoms with E-state index in [0.29, 0.717) is 28.9 Å². The predicted octanol–water partition coefficient (Wildman–Crippen LogP) is 4.45. The molecule has 1 N–H and O–H groups in total. The molecule has 1 fully saturated rings. The van der Waals surface area contributed by atoms with Gasteiger partial charge in [-0.1, -0.05) is 31.2 Å². The number of ether oxygens (including phenoxy) is 5. The number of fused-ring (bicyclic) bond motifs is 4. The molecular formula is C26H32O8. The Labute approximate surface area is 199 Å². The molecule has 2 aliphatic heterocycles. The number of aliphatic hydroxyl groups excluding tert-OH is 1. The van der Waals surface area contributed by atoms with Crippen LogP contribution in [-0.2, 0) is 18.9 Å². The summed E-state index contributed by atoms with van der Waals surface area (Å²) in [5, 5.41) is 11.6. The number of carbonyl (C=O) groups excluding carboxylic acids is 1. The summed E-state index contributed by atoms with van der Waals surface area (Å²) in [6.45, 7) is 7.35. The summed E-state index contributed by atoms with van der Waals surface area (Å²) < 4.78 is 34.3. The molecule has 0 saturated carbocycles. The van der Waals surface area contributed by atoms with Crippen molar-refractivity contribution >= 4 is 23.0 Å². The number of rotatable bonds is 3. The van der Waals surface area contributed by atoms with E-state index in [0.717, 1.165) is 5.39 Å². The highest BCUT2D eigenvalue weighted by Crippen LogP contribution is 2.36. The lowest BCUT2D eigenvalue weighted by Gasteiger charge is -2.23. The molecule has 8 heteroatoms. The first-order chi connectivity index (χ1) is 16.2. The van der Waals surface area contributed by atoms with Crippen molar-refractivity contribution in [2.75, 3.05) is 13.9 Å². The maximum Gasteiger partial charge on any atom is 0.342 e. The van der Waals surface area contributed by atoms with E-state index in [1.807, 2.05) is 45.9 Å². The fourth-order valence-corrected chi connectivity index (χ4v) is 4.28. The Morgan fingerprint density at radius 3 is 2.76 bits per heavy atom. The molecule has 0 aliphatic carbocycles. The number of hydrogen-bond acceptors (Lipinski definition) is 8. The number of methoxy groups -OCH3 is 1. The van der Waals surface area contributed by atoms with Crippen LogP contribution in [0.15, 0.2) is 41.0 Å². The van der Waals surface area contributed by atoms with Crippen molar-refractivity contribution in [2.45, 2.75) is 64.3 Å². The van der Waals surface area contributed by atoms with Gasteiger partial charge in [-0.25, -0.2) is 4.79 Å². The molecule has 34 heavy (non-hydrogen) atoms. The van der Waals surface area contributed by atoms with E-state index in [9.17, 15) is 9.90 Å². The van der Waals surface area contributed by atoms with Gasteiger partial charge < -0.3 is 33.2 Å². The van der Waals surface area contributed by atoms with Crippen LogP contribution >= 0.6 is 0 Å². The molecule has 2 aliphatic rings. The molecule has 3 heterocycles. The number of cyclic esters (lactones) is 1. The minimum absolute atomic E-state index is 0.0355. The van der Waals surface area contributed by atoms with Crippen molar-refractivity contribution in [3.05, 3.63) is 47.8 Å². The van der Waals surface area contributed by atoms with Crippen LogP contribution in [0.2, 0.25) is 0 Å². The maximum absolute atomic E-state index is 13.4. The lowest BCUT2D eigenvalue weighted by atomic mass is 9.97. The molecule has 0 radical (unpaired) electrons. The van der Waals surface area contributed by atoms with Crippen molar-refractivity contribution in [2.24, 2.45) is 5.92 Å². The zero-order chi connectivity index (χ0) is 24.5. The van der Waals surface area contributed by atoms with Crippen LogP contribution in [0.1, 0.15) is 50.0 Å². The van der Waals surface area contributed by atoms with E-state index in [-0.39, 0.29) is 18.8 Å². The van der Waals surface area contributed by atoms with E-state index in [4.69, 9.17) is 28.1 Å². The number of carbonyl (C=O) groups is 1. The Morgan fingerprint density at radius 1 is 1.21 bits per heavy atom. The van der Waals surface area contributed by atoms with E-state index in [1.165, 1.54) is 7.11 Å². The van der Waals surface area contributed by atoms with Crippen LogP contribution in [0.5, 0.6) is 5.75 Å².